The molecule has 1 saturated heterocycles. The molecule has 0 aromatic rings. The number of hydrogen-bond acceptors (Lipinski definition) is 4. The van der Waals surface area contributed by atoms with Crippen molar-refractivity contribution in [3.05, 3.63) is 0 Å². The summed E-state index contributed by atoms with van der Waals surface area (Å²) in [6, 6.07) is 0. The number of nitrogens with one attached hydrogen (secondary N) is 1. The van der Waals surface area contributed by atoms with Crippen LogP contribution < -0.4 is 11.1 Å². The number of carbonyl (C=O) groups is 1. The maximum absolute atomic E-state index is 12.3. The van der Waals surface area contributed by atoms with Crippen LogP contribution in [0.5, 0.6) is 0 Å². The Morgan fingerprint density at radius 1 is 1.47 bits per heavy atom. The van der Waals surface area contributed by atoms with Crippen LogP contribution in [0.4, 0.5) is 0 Å². The van der Waals surface area contributed by atoms with Crippen molar-refractivity contribution in [3.63, 3.8) is 0 Å². The molecule has 0 spiro atoms. The van der Waals surface area contributed by atoms with Gasteiger partial charge in [0.15, 0.2) is 0 Å². The van der Waals surface area contributed by atoms with Crippen molar-refractivity contribution in [3.8, 4) is 0 Å². The molecule has 6 heteroatoms. The molecule has 19 heavy (non-hydrogen) atoms. The Hall–Kier alpha value is -0.720. The minimum Gasteiger partial charge on any atom is -0.392 e. The van der Waals surface area contributed by atoms with E-state index >= 15 is 0 Å². The summed E-state index contributed by atoms with van der Waals surface area (Å²) < 4.78 is 10.7. The molecule has 0 saturated carbocycles. The molecule has 1 amide bonds. The Labute approximate surface area is 120 Å². The molecule has 0 unspecified atom stereocenters. The highest BCUT2D eigenvalue weighted by Crippen LogP contribution is 2.31. The minimum atomic E-state index is -0.744. The van der Waals surface area contributed by atoms with Crippen LogP contribution in [0.2, 0.25) is 0 Å². The van der Waals surface area contributed by atoms with Gasteiger partial charge in [-0.3, -0.25) is 4.79 Å². The van der Waals surface area contributed by atoms with Gasteiger partial charge < -0.3 is 20.5 Å². The Morgan fingerprint density at radius 2 is 2.11 bits per heavy atom. The Kier molecular flexibility index (Phi) is 6.68. The molecule has 1 rings (SSSR count). The van der Waals surface area contributed by atoms with Gasteiger partial charge in [-0.15, -0.1) is 0 Å². The highest BCUT2D eigenvalue weighted by molar-refractivity contribution is 7.80. The summed E-state index contributed by atoms with van der Waals surface area (Å²) in [5.41, 5.74) is 5.01. The van der Waals surface area contributed by atoms with Gasteiger partial charge in [0.2, 0.25) is 5.91 Å². The number of amides is 1. The van der Waals surface area contributed by atoms with E-state index in [1.807, 2.05) is 0 Å². The van der Waals surface area contributed by atoms with Crippen LogP contribution in [-0.2, 0) is 14.3 Å². The average Bonchev–Trinajstić information content (AvgIpc) is 2.38. The zero-order valence-corrected chi connectivity index (χ0v) is 12.6. The molecular formula is C13H24N2O3S. The van der Waals surface area contributed by atoms with Gasteiger partial charge in [0.1, 0.15) is 5.41 Å². The quantitative estimate of drug-likeness (QED) is 0.537. The van der Waals surface area contributed by atoms with Crippen molar-refractivity contribution in [2.45, 2.75) is 26.7 Å². The van der Waals surface area contributed by atoms with Gasteiger partial charge in [-0.1, -0.05) is 26.1 Å². The van der Waals surface area contributed by atoms with Gasteiger partial charge in [-0.05, 0) is 18.8 Å². The van der Waals surface area contributed by atoms with Gasteiger partial charge in [0.25, 0.3) is 0 Å². The van der Waals surface area contributed by atoms with Crippen molar-refractivity contribution in [2.75, 3.05) is 33.0 Å². The number of thiocarbonyl (C=S) groups is 1. The first-order chi connectivity index (χ1) is 8.99. The summed E-state index contributed by atoms with van der Waals surface area (Å²) in [5, 5.41) is 2.86. The number of carbonyl (C=O) groups excluding carboxylic acids is 1. The van der Waals surface area contributed by atoms with Crippen LogP contribution in [0.1, 0.15) is 26.7 Å². The Bertz CT molecular complexity index is 315. The fraction of sp³-hybridized carbons (Fsp3) is 0.846. The fourth-order valence-corrected chi connectivity index (χ4v) is 2.33. The molecule has 110 valence electrons. The van der Waals surface area contributed by atoms with Gasteiger partial charge in [0.05, 0.1) is 11.6 Å². The van der Waals surface area contributed by atoms with E-state index in [0.29, 0.717) is 51.7 Å². The predicted molar refractivity (Wildman–Crippen MR) is 77.9 cm³/mol. The highest BCUT2D eigenvalue weighted by Gasteiger charge is 2.42. The fourth-order valence-electron chi connectivity index (χ4n) is 2.03. The summed E-state index contributed by atoms with van der Waals surface area (Å²) in [6.07, 6.45) is 1.11. The molecule has 1 aliphatic heterocycles. The molecule has 1 aliphatic rings. The van der Waals surface area contributed by atoms with Gasteiger partial charge >= 0.3 is 0 Å². The van der Waals surface area contributed by atoms with Crippen LogP contribution in [0.3, 0.4) is 0 Å². The number of ether oxygens (including phenoxy) is 2. The predicted octanol–water partition coefficient (Wildman–Crippen LogP) is 0.858. The smallest absolute Gasteiger partial charge is 0.233 e. The topological polar surface area (TPSA) is 73.6 Å². The zero-order valence-electron chi connectivity index (χ0n) is 11.7. The molecule has 1 heterocycles. The molecule has 0 aromatic heterocycles. The third-order valence-electron chi connectivity index (χ3n) is 3.24. The lowest BCUT2D eigenvalue weighted by Gasteiger charge is -2.34. The van der Waals surface area contributed by atoms with Crippen molar-refractivity contribution in [1.29, 1.82) is 0 Å². The summed E-state index contributed by atoms with van der Waals surface area (Å²) in [6.45, 7) is 6.91. The number of hydrogen-bond donors (Lipinski definition) is 2. The Balaban J connectivity index is 2.39. The first kappa shape index (κ1) is 16.3. The molecule has 3 N–H and O–H groups in total. The first-order valence-corrected chi connectivity index (χ1v) is 7.13. The largest absolute Gasteiger partial charge is 0.392 e. The molecular weight excluding hydrogens is 264 g/mol. The van der Waals surface area contributed by atoms with Gasteiger partial charge in [-0.25, -0.2) is 0 Å². The molecule has 0 bridgehead atoms. The monoisotopic (exact) mass is 288 g/mol. The second-order valence-corrected chi connectivity index (χ2v) is 5.72. The number of rotatable bonds is 7. The summed E-state index contributed by atoms with van der Waals surface area (Å²) in [5.74, 6) is 0.394. The SMILES string of the molecule is CC(C)COCCNC(=O)C1(C(N)=S)CCOCC1. The van der Waals surface area contributed by atoms with E-state index in [2.05, 4.69) is 19.2 Å². The van der Waals surface area contributed by atoms with Crippen molar-refractivity contribution in [2.24, 2.45) is 17.1 Å². The average molecular weight is 288 g/mol. The van der Waals surface area contributed by atoms with Crippen LogP contribution in [0.25, 0.3) is 0 Å². The van der Waals surface area contributed by atoms with E-state index in [0.717, 1.165) is 0 Å². The van der Waals surface area contributed by atoms with Gasteiger partial charge in [-0.2, -0.15) is 0 Å². The van der Waals surface area contributed by atoms with Crippen molar-refractivity contribution in [1.82, 2.24) is 5.32 Å². The van der Waals surface area contributed by atoms with Crippen LogP contribution in [-0.4, -0.2) is 43.9 Å². The third kappa shape index (κ3) is 4.71. The molecule has 0 radical (unpaired) electrons. The second kappa shape index (κ2) is 7.77. The summed E-state index contributed by atoms with van der Waals surface area (Å²) in [7, 11) is 0. The minimum absolute atomic E-state index is 0.101. The molecule has 0 atom stereocenters. The maximum Gasteiger partial charge on any atom is 0.233 e. The summed E-state index contributed by atoms with van der Waals surface area (Å²) in [4.78, 5) is 12.5. The molecule has 1 fully saturated rings. The lowest BCUT2D eigenvalue weighted by Crippen LogP contribution is -2.52. The zero-order chi connectivity index (χ0) is 14.3. The molecule has 0 aromatic carbocycles. The van der Waals surface area contributed by atoms with E-state index in [4.69, 9.17) is 27.4 Å². The third-order valence-corrected chi connectivity index (χ3v) is 3.63. The second-order valence-electron chi connectivity index (χ2n) is 5.28. The van der Waals surface area contributed by atoms with E-state index in [9.17, 15) is 4.79 Å². The summed E-state index contributed by atoms with van der Waals surface area (Å²) >= 11 is 5.07. The van der Waals surface area contributed by atoms with Crippen molar-refractivity contribution >= 4 is 23.1 Å². The van der Waals surface area contributed by atoms with E-state index in [-0.39, 0.29) is 10.9 Å². The normalized spacial score (nSPS) is 18.3. The van der Waals surface area contributed by atoms with E-state index in [1.54, 1.807) is 0 Å². The van der Waals surface area contributed by atoms with E-state index < -0.39 is 5.41 Å². The lowest BCUT2D eigenvalue weighted by atomic mass is 9.79. The molecule has 0 aliphatic carbocycles. The maximum atomic E-state index is 12.3. The highest BCUT2D eigenvalue weighted by atomic mass is 32.1. The lowest BCUT2D eigenvalue weighted by molar-refractivity contribution is -0.131. The first-order valence-electron chi connectivity index (χ1n) is 6.73. The molecule has 5 nitrogen and oxygen atoms in total. The van der Waals surface area contributed by atoms with Crippen LogP contribution in [0, 0.1) is 11.3 Å². The standard InChI is InChI=1S/C13H24N2O3S/c1-10(2)9-18-8-5-15-12(16)13(11(14)19)3-6-17-7-4-13/h10H,3-9H2,1-2H3,(H2,14,19)(H,15,16). The number of nitrogens with two attached hydrogens (primary N) is 1. The van der Waals surface area contributed by atoms with Crippen LogP contribution >= 0.6 is 12.2 Å². The Morgan fingerprint density at radius 3 is 2.63 bits per heavy atom. The van der Waals surface area contributed by atoms with Crippen LogP contribution in [0.15, 0.2) is 0 Å². The van der Waals surface area contributed by atoms with Gasteiger partial charge in [0, 0.05) is 26.4 Å². The van der Waals surface area contributed by atoms with Crippen molar-refractivity contribution < 1.29 is 14.3 Å². The van der Waals surface area contributed by atoms with E-state index in [1.165, 1.54) is 0 Å².